The molecule has 0 saturated carbocycles. The van der Waals surface area contributed by atoms with Crippen molar-refractivity contribution in [2.24, 2.45) is 0 Å². The van der Waals surface area contributed by atoms with Gasteiger partial charge < -0.3 is 5.32 Å². The van der Waals surface area contributed by atoms with Crippen molar-refractivity contribution in [3.63, 3.8) is 0 Å². The van der Waals surface area contributed by atoms with E-state index >= 15 is 0 Å². The summed E-state index contributed by atoms with van der Waals surface area (Å²) in [4.78, 5) is 36.8. The van der Waals surface area contributed by atoms with Crippen molar-refractivity contribution in [1.82, 2.24) is 10.2 Å². The van der Waals surface area contributed by atoms with Gasteiger partial charge in [-0.05, 0) is 24.6 Å². The molecule has 6 heteroatoms. The van der Waals surface area contributed by atoms with Gasteiger partial charge in [0.05, 0.1) is 18.2 Å². The number of nitrogens with one attached hydrogen (secondary N) is 1. The van der Waals surface area contributed by atoms with E-state index in [0.717, 1.165) is 4.90 Å². The van der Waals surface area contributed by atoms with Crippen LogP contribution in [0, 0.1) is 11.3 Å². The number of rotatable bonds is 4. The SMILES string of the molecule is CCC(=O)CN1C(=O)NC(C)(c2ccc(C#N)cc2)C1=O. The maximum absolute atomic E-state index is 12.5. The number of benzene rings is 1. The lowest BCUT2D eigenvalue weighted by Gasteiger charge is -2.22. The maximum atomic E-state index is 12.5. The summed E-state index contributed by atoms with van der Waals surface area (Å²) in [6, 6.07) is 7.84. The van der Waals surface area contributed by atoms with Crippen LogP contribution in [-0.2, 0) is 15.1 Å². The largest absolute Gasteiger partial charge is 0.325 e. The van der Waals surface area contributed by atoms with Crippen molar-refractivity contribution in [3.8, 4) is 6.07 Å². The molecule has 1 aromatic carbocycles. The van der Waals surface area contributed by atoms with Gasteiger partial charge in [-0.1, -0.05) is 19.1 Å². The van der Waals surface area contributed by atoms with Crippen molar-refractivity contribution < 1.29 is 14.4 Å². The number of imide groups is 1. The van der Waals surface area contributed by atoms with Gasteiger partial charge >= 0.3 is 6.03 Å². The van der Waals surface area contributed by atoms with Gasteiger partial charge in [-0.3, -0.25) is 14.5 Å². The molecule has 0 bridgehead atoms. The molecular formula is C15H15N3O3. The zero-order valence-corrected chi connectivity index (χ0v) is 11.8. The highest BCUT2D eigenvalue weighted by Gasteiger charge is 2.49. The predicted molar refractivity (Wildman–Crippen MR) is 74.1 cm³/mol. The van der Waals surface area contributed by atoms with Crippen LogP contribution in [0.2, 0.25) is 0 Å². The van der Waals surface area contributed by atoms with E-state index in [-0.39, 0.29) is 18.7 Å². The fourth-order valence-electron chi connectivity index (χ4n) is 2.20. The van der Waals surface area contributed by atoms with Gasteiger partial charge in [0.2, 0.25) is 0 Å². The molecule has 1 saturated heterocycles. The molecule has 0 aliphatic carbocycles. The standard InChI is InChI=1S/C15H15N3O3/c1-3-12(19)9-18-13(20)15(2,17-14(18)21)11-6-4-10(8-16)5-7-11/h4-7H,3,9H2,1-2H3,(H,17,21). The molecule has 0 aromatic heterocycles. The fourth-order valence-corrected chi connectivity index (χ4v) is 2.20. The van der Waals surface area contributed by atoms with E-state index < -0.39 is 17.5 Å². The molecule has 1 aliphatic heterocycles. The van der Waals surface area contributed by atoms with Crippen molar-refractivity contribution in [2.75, 3.05) is 6.54 Å². The second-order valence-corrected chi connectivity index (χ2v) is 5.03. The Kier molecular flexibility index (Phi) is 3.76. The number of hydrogen-bond acceptors (Lipinski definition) is 4. The quantitative estimate of drug-likeness (QED) is 0.844. The molecule has 0 radical (unpaired) electrons. The Morgan fingerprint density at radius 1 is 1.33 bits per heavy atom. The zero-order valence-electron chi connectivity index (χ0n) is 11.8. The minimum absolute atomic E-state index is 0.178. The number of ketones is 1. The van der Waals surface area contributed by atoms with Crippen LogP contribution in [0.4, 0.5) is 4.79 Å². The third-order valence-electron chi connectivity index (χ3n) is 3.60. The number of Topliss-reactive ketones (excluding diaryl/α,β-unsaturated/α-hetero) is 1. The monoisotopic (exact) mass is 285 g/mol. The Balaban J connectivity index is 2.31. The van der Waals surface area contributed by atoms with Gasteiger partial charge in [0.15, 0.2) is 5.78 Å². The van der Waals surface area contributed by atoms with Gasteiger partial charge in [0.1, 0.15) is 5.54 Å². The van der Waals surface area contributed by atoms with E-state index in [4.69, 9.17) is 5.26 Å². The lowest BCUT2D eigenvalue weighted by atomic mass is 9.91. The summed E-state index contributed by atoms with van der Waals surface area (Å²) in [7, 11) is 0. The average molecular weight is 285 g/mol. The summed E-state index contributed by atoms with van der Waals surface area (Å²) in [6.45, 7) is 3.05. The van der Waals surface area contributed by atoms with Crippen LogP contribution in [0.5, 0.6) is 0 Å². The molecule has 2 rings (SSSR count). The van der Waals surface area contributed by atoms with Crippen LogP contribution < -0.4 is 5.32 Å². The molecule has 21 heavy (non-hydrogen) atoms. The van der Waals surface area contributed by atoms with Crippen LogP contribution >= 0.6 is 0 Å². The highest BCUT2D eigenvalue weighted by molar-refractivity contribution is 6.09. The maximum Gasteiger partial charge on any atom is 0.325 e. The van der Waals surface area contributed by atoms with Crippen molar-refractivity contribution >= 4 is 17.7 Å². The third-order valence-corrected chi connectivity index (χ3v) is 3.60. The van der Waals surface area contributed by atoms with Gasteiger partial charge in [0, 0.05) is 6.42 Å². The number of urea groups is 1. The number of carbonyl (C=O) groups excluding carboxylic acids is 3. The fraction of sp³-hybridized carbons (Fsp3) is 0.333. The highest BCUT2D eigenvalue weighted by Crippen LogP contribution is 2.28. The average Bonchev–Trinajstić information content (AvgIpc) is 2.71. The first kappa shape index (κ1) is 14.7. The normalized spacial score (nSPS) is 21.1. The van der Waals surface area contributed by atoms with Crippen molar-refractivity contribution in [2.45, 2.75) is 25.8 Å². The molecule has 1 fully saturated rings. The Hall–Kier alpha value is -2.68. The van der Waals surface area contributed by atoms with Crippen LogP contribution in [0.25, 0.3) is 0 Å². The van der Waals surface area contributed by atoms with Crippen LogP contribution in [0.15, 0.2) is 24.3 Å². The van der Waals surface area contributed by atoms with Crippen LogP contribution in [-0.4, -0.2) is 29.2 Å². The van der Waals surface area contributed by atoms with E-state index in [9.17, 15) is 14.4 Å². The topological polar surface area (TPSA) is 90.3 Å². The van der Waals surface area contributed by atoms with Gasteiger partial charge in [-0.2, -0.15) is 5.26 Å². The molecule has 1 aliphatic rings. The summed E-state index contributed by atoms with van der Waals surface area (Å²) in [5.74, 6) is -0.637. The highest BCUT2D eigenvalue weighted by atomic mass is 16.2. The Labute approximate surface area is 122 Å². The zero-order chi connectivity index (χ0) is 15.6. The molecule has 0 spiro atoms. The van der Waals surface area contributed by atoms with Gasteiger partial charge in [0.25, 0.3) is 5.91 Å². The van der Waals surface area contributed by atoms with Crippen LogP contribution in [0.3, 0.4) is 0 Å². The summed E-state index contributed by atoms with van der Waals surface area (Å²) >= 11 is 0. The predicted octanol–water partition coefficient (Wildman–Crippen LogP) is 1.30. The summed E-state index contributed by atoms with van der Waals surface area (Å²) < 4.78 is 0. The lowest BCUT2D eigenvalue weighted by Crippen LogP contribution is -2.41. The Bertz CT molecular complexity index is 645. The molecule has 1 N–H and O–H groups in total. The first-order chi connectivity index (χ1) is 9.92. The second-order valence-electron chi connectivity index (χ2n) is 5.03. The minimum Gasteiger partial charge on any atom is -0.319 e. The summed E-state index contributed by atoms with van der Waals surface area (Å²) in [6.07, 6.45) is 0.268. The van der Waals surface area contributed by atoms with E-state index in [0.29, 0.717) is 11.1 Å². The number of carbonyl (C=O) groups is 3. The van der Waals surface area contributed by atoms with E-state index in [1.807, 2.05) is 6.07 Å². The van der Waals surface area contributed by atoms with Crippen LogP contribution in [0.1, 0.15) is 31.4 Å². The number of amides is 3. The van der Waals surface area contributed by atoms with Gasteiger partial charge in [-0.25, -0.2) is 4.79 Å². The summed E-state index contributed by atoms with van der Waals surface area (Å²) in [5, 5.41) is 11.4. The molecule has 1 aromatic rings. The Morgan fingerprint density at radius 3 is 2.48 bits per heavy atom. The lowest BCUT2D eigenvalue weighted by molar-refractivity contribution is -0.134. The third kappa shape index (κ3) is 2.50. The number of hydrogen-bond donors (Lipinski definition) is 1. The summed E-state index contributed by atoms with van der Waals surface area (Å²) in [5.41, 5.74) is -0.164. The number of nitriles is 1. The molecule has 1 heterocycles. The van der Waals surface area contributed by atoms with E-state index in [1.165, 1.54) is 0 Å². The van der Waals surface area contributed by atoms with Crippen molar-refractivity contribution in [1.29, 1.82) is 5.26 Å². The minimum atomic E-state index is -1.21. The second kappa shape index (κ2) is 5.37. The first-order valence-electron chi connectivity index (χ1n) is 6.59. The molecule has 6 nitrogen and oxygen atoms in total. The number of nitrogens with zero attached hydrogens (tertiary/aromatic N) is 2. The molecule has 1 unspecified atom stereocenters. The van der Waals surface area contributed by atoms with E-state index in [2.05, 4.69) is 5.32 Å². The molecular weight excluding hydrogens is 270 g/mol. The molecule has 1 atom stereocenters. The first-order valence-corrected chi connectivity index (χ1v) is 6.59. The van der Waals surface area contributed by atoms with Crippen molar-refractivity contribution in [3.05, 3.63) is 35.4 Å². The molecule has 108 valence electrons. The molecule has 3 amide bonds. The smallest absolute Gasteiger partial charge is 0.319 e. The Morgan fingerprint density at radius 2 is 1.95 bits per heavy atom. The van der Waals surface area contributed by atoms with E-state index in [1.54, 1.807) is 38.1 Å². The van der Waals surface area contributed by atoms with Gasteiger partial charge in [-0.15, -0.1) is 0 Å².